The van der Waals surface area contributed by atoms with Crippen molar-refractivity contribution in [2.24, 2.45) is 0 Å². The lowest BCUT2D eigenvalue weighted by Gasteiger charge is -2.25. The summed E-state index contributed by atoms with van der Waals surface area (Å²) in [5.41, 5.74) is 4.71. The van der Waals surface area contributed by atoms with E-state index in [0.717, 1.165) is 13.1 Å². The van der Waals surface area contributed by atoms with E-state index < -0.39 is 12.0 Å². The summed E-state index contributed by atoms with van der Waals surface area (Å²) >= 11 is 6.51. The number of amides is 2. The Morgan fingerprint density at radius 1 is 1.24 bits per heavy atom. The van der Waals surface area contributed by atoms with E-state index in [-0.39, 0.29) is 18.3 Å². The molecule has 1 aromatic carbocycles. The third kappa shape index (κ3) is 5.50. The third-order valence-electron chi connectivity index (χ3n) is 3.47. The summed E-state index contributed by atoms with van der Waals surface area (Å²) in [5, 5.41) is 0. The molecule has 136 valence electrons. The monoisotopic (exact) mass is 383 g/mol. The van der Waals surface area contributed by atoms with Gasteiger partial charge in [-0.2, -0.15) is 0 Å². The highest BCUT2D eigenvalue weighted by atomic mass is 32.2. The second-order valence-corrected chi connectivity index (χ2v) is 6.74. The number of ether oxygens (including phenoxy) is 2. The van der Waals surface area contributed by atoms with Crippen LogP contribution in [0.1, 0.15) is 13.8 Å². The van der Waals surface area contributed by atoms with Crippen molar-refractivity contribution in [1.82, 2.24) is 15.8 Å². The maximum atomic E-state index is 12.1. The Morgan fingerprint density at radius 2 is 1.92 bits per heavy atom. The van der Waals surface area contributed by atoms with E-state index in [0.29, 0.717) is 15.8 Å². The number of carbonyl (C=O) groups is 2. The Kier molecular flexibility index (Phi) is 7.32. The first-order chi connectivity index (χ1) is 12.0. The summed E-state index contributed by atoms with van der Waals surface area (Å²) in [6.45, 7) is 5.67. The molecule has 0 bridgehead atoms. The molecular weight excluding hydrogens is 362 g/mol. The van der Waals surface area contributed by atoms with Crippen LogP contribution in [0.25, 0.3) is 0 Å². The smallest absolute Gasteiger partial charge is 0.283 e. The van der Waals surface area contributed by atoms with Crippen LogP contribution in [0.15, 0.2) is 24.3 Å². The van der Waals surface area contributed by atoms with E-state index in [9.17, 15) is 9.59 Å². The van der Waals surface area contributed by atoms with Gasteiger partial charge >= 0.3 is 0 Å². The lowest BCUT2D eigenvalue weighted by molar-refractivity contribution is -0.134. The van der Waals surface area contributed by atoms with Crippen molar-refractivity contribution >= 4 is 40.1 Å². The SMILES string of the molecule is CCN(CC)C(=S)SCC(=O)NNC(=O)[C@H]1COc2ccccc2O1. The molecule has 2 amide bonds. The molecule has 0 radical (unpaired) electrons. The fraction of sp³-hybridized carbons (Fsp3) is 0.438. The zero-order valence-corrected chi connectivity index (χ0v) is 15.7. The van der Waals surface area contributed by atoms with Gasteiger partial charge in [-0.3, -0.25) is 20.4 Å². The van der Waals surface area contributed by atoms with Gasteiger partial charge in [-0.15, -0.1) is 0 Å². The van der Waals surface area contributed by atoms with Gasteiger partial charge in [0.2, 0.25) is 12.0 Å². The van der Waals surface area contributed by atoms with Gasteiger partial charge in [0.05, 0.1) is 5.75 Å². The molecule has 9 heteroatoms. The summed E-state index contributed by atoms with van der Waals surface area (Å²) in [6.07, 6.45) is -0.820. The topological polar surface area (TPSA) is 79.9 Å². The molecule has 0 spiro atoms. The summed E-state index contributed by atoms with van der Waals surface area (Å²) < 4.78 is 11.7. The molecule has 1 atom stereocenters. The Bertz CT molecular complexity index is 638. The molecule has 2 N–H and O–H groups in total. The van der Waals surface area contributed by atoms with Gasteiger partial charge in [-0.25, -0.2) is 0 Å². The van der Waals surface area contributed by atoms with Gasteiger partial charge in [0.1, 0.15) is 10.9 Å². The normalized spacial score (nSPS) is 15.2. The Labute approximate surface area is 156 Å². The number of rotatable bonds is 5. The summed E-state index contributed by atoms with van der Waals surface area (Å²) in [6, 6.07) is 7.10. The number of thiocarbonyl (C=S) groups is 1. The number of para-hydroxylation sites is 2. The number of nitrogens with zero attached hydrogens (tertiary/aromatic N) is 1. The predicted octanol–water partition coefficient (Wildman–Crippen LogP) is 1.33. The van der Waals surface area contributed by atoms with Gasteiger partial charge in [0.25, 0.3) is 5.91 Å². The van der Waals surface area contributed by atoms with Crippen LogP contribution >= 0.6 is 24.0 Å². The molecule has 0 saturated carbocycles. The first-order valence-corrected chi connectivity index (χ1v) is 9.33. The molecule has 0 unspecified atom stereocenters. The van der Waals surface area contributed by atoms with Crippen molar-refractivity contribution in [2.75, 3.05) is 25.4 Å². The average molecular weight is 383 g/mol. The fourth-order valence-corrected chi connectivity index (χ4v) is 3.30. The number of hydrogen-bond acceptors (Lipinski definition) is 6. The molecule has 1 aliphatic rings. The molecule has 0 aromatic heterocycles. The van der Waals surface area contributed by atoms with E-state index >= 15 is 0 Å². The summed E-state index contributed by atoms with van der Waals surface area (Å²) in [7, 11) is 0. The van der Waals surface area contributed by atoms with Gasteiger partial charge in [0.15, 0.2) is 11.5 Å². The van der Waals surface area contributed by atoms with Crippen LogP contribution in [0, 0.1) is 0 Å². The average Bonchev–Trinajstić information content (AvgIpc) is 2.65. The van der Waals surface area contributed by atoms with Gasteiger partial charge in [-0.1, -0.05) is 36.1 Å². The Balaban J connectivity index is 1.73. The largest absolute Gasteiger partial charge is 0.485 e. The molecule has 0 fully saturated rings. The zero-order valence-electron chi connectivity index (χ0n) is 14.1. The van der Waals surface area contributed by atoms with Crippen molar-refractivity contribution in [1.29, 1.82) is 0 Å². The van der Waals surface area contributed by atoms with Crippen LogP contribution in [0.3, 0.4) is 0 Å². The predicted molar refractivity (Wildman–Crippen MR) is 101 cm³/mol. The van der Waals surface area contributed by atoms with Gasteiger partial charge in [0, 0.05) is 13.1 Å². The molecule has 1 aromatic rings. The molecule has 1 heterocycles. The van der Waals surface area contributed by atoms with Crippen molar-refractivity contribution in [3.63, 3.8) is 0 Å². The molecule has 1 aliphatic heterocycles. The number of carbonyl (C=O) groups excluding carboxylic acids is 2. The van der Waals surface area contributed by atoms with Crippen LogP contribution in [0.5, 0.6) is 11.5 Å². The second kappa shape index (κ2) is 9.47. The highest BCUT2D eigenvalue weighted by Crippen LogP contribution is 2.30. The Hall–Kier alpha value is -2.00. The van der Waals surface area contributed by atoms with Crippen LogP contribution in [0.2, 0.25) is 0 Å². The summed E-state index contributed by atoms with van der Waals surface area (Å²) in [5.74, 6) is 0.405. The molecule has 2 rings (SSSR count). The van der Waals surface area contributed by atoms with Crippen LogP contribution in [-0.2, 0) is 9.59 Å². The maximum Gasteiger partial charge on any atom is 0.283 e. The van der Waals surface area contributed by atoms with Gasteiger partial charge < -0.3 is 14.4 Å². The maximum absolute atomic E-state index is 12.1. The number of hydrogen-bond donors (Lipinski definition) is 2. The first kappa shape index (κ1) is 19.3. The van der Waals surface area contributed by atoms with Crippen LogP contribution in [0.4, 0.5) is 0 Å². The molecule has 0 saturated heterocycles. The number of thioether (sulfide) groups is 1. The number of hydrazine groups is 1. The summed E-state index contributed by atoms with van der Waals surface area (Å²) in [4.78, 5) is 25.9. The van der Waals surface area contributed by atoms with E-state index in [1.54, 1.807) is 18.2 Å². The van der Waals surface area contributed by atoms with Gasteiger partial charge in [-0.05, 0) is 26.0 Å². The fourth-order valence-electron chi connectivity index (χ4n) is 2.10. The quantitative estimate of drug-likeness (QED) is 0.587. The third-order valence-corrected chi connectivity index (χ3v) is 5.00. The minimum absolute atomic E-state index is 0.0829. The minimum Gasteiger partial charge on any atom is -0.485 e. The molecule has 0 aliphatic carbocycles. The zero-order chi connectivity index (χ0) is 18.2. The lowest BCUT2D eigenvalue weighted by atomic mass is 10.2. The van der Waals surface area contributed by atoms with Crippen molar-refractivity contribution < 1.29 is 19.1 Å². The molecular formula is C16H21N3O4S2. The first-order valence-electron chi connectivity index (χ1n) is 7.94. The Morgan fingerprint density at radius 3 is 2.60 bits per heavy atom. The van der Waals surface area contributed by atoms with Crippen LogP contribution < -0.4 is 20.3 Å². The number of nitrogens with one attached hydrogen (secondary N) is 2. The number of benzene rings is 1. The van der Waals surface area contributed by atoms with E-state index in [4.69, 9.17) is 21.7 Å². The highest BCUT2D eigenvalue weighted by molar-refractivity contribution is 8.23. The standard InChI is InChI=1S/C16H21N3O4S2/c1-3-19(4-2)16(24)25-10-14(20)17-18-15(21)13-9-22-11-7-5-6-8-12(11)23-13/h5-8,13H,3-4,9-10H2,1-2H3,(H,17,20)(H,18,21)/t13-/m1/s1. The molecule has 25 heavy (non-hydrogen) atoms. The van der Waals surface area contributed by atoms with E-state index in [2.05, 4.69) is 10.9 Å². The van der Waals surface area contributed by atoms with Crippen molar-refractivity contribution in [3.8, 4) is 11.5 Å². The minimum atomic E-state index is -0.820. The second-order valence-electron chi connectivity index (χ2n) is 5.13. The lowest BCUT2D eigenvalue weighted by Crippen LogP contribution is -2.51. The van der Waals surface area contributed by atoms with E-state index in [1.165, 1.54) is 11.8 Å². The number of fused-ring (bicyclic) bond motifs is 1. The molecule has 7 nitrogen and oxygen atoms in total. The van der Waals surface area contributed by atoms with E-state index in [1.807, 2.05) is 24.8 Å². The van der Waals surface area contributed by atoms with Crippen molar-refractivity contribution in [2.45, 2.75) is 20.0 Å². The highest BCUT2D eigenvalue weighted by Gasteiger charge is 2.27. The van der Waals surface area contributed by atoms with Crippen LogP contribution in [-0.4, -0.2) is 52.6 Å². The van der Waals surface area contributed by atoms with Crippen molar-refractivity contribution in [3.05, 3.63) is 24.3 Å².